The summed E-state index contributed by atoms with van der Waals surface area (Å²) < 4.78 is 32.5. The maximum Gasteiger partial charge on any atom is 0.472 e. The second-order valence-corrected chi connectivity index (χ2v) is 15.0. The van der Waals surface area contributed by atoms with E-state index in [9.17, 15) is 29.3 Å². The molecule has 0 heterocycles. The van der Waals surface area contributed by atoms with E-state index >= 15 is 0 Å². The summed E-state index contributed by atoms with van der Waals surface area (Å²) in [7, 11) is -4.65. The van der Waals surface area contributed by atoms with Crippen molar-refractivity contribution < 1.29 is 47.8 Å². The number of aliphatic hydroxyl groups is 2. The molecule has 0 aliphatic carbocycles. The molecule has 0 aromatic heterocycles. The molecule has 0 aliphatic rings. The number of hydrogen-bond acceptors (Lipinski definition) is 9. The summed E-state index contributed by atoms with van der Waals surface area (Å²) in [4.78, 5) is 34.4. The molecule has 0 amide bonds. The van der Waals surface area contributed by atoms with Gasteiger partial charge in [-0.15, -0.1) is 0 Å². The van der Waals surface area contributed by atoms with E-state index < -0.39 is 58.4 Å². The molecule has 10 nitrogen and oxygen atoms in total. The Labute approximate surface area is 327 Å². The van der Waals surface area contributed by atoms with Gasteiger partial charge in [-0.25, -0.2) is 4.57 Å². The van der Waals surface area contributed by atoms with Crippen molar-refractivity contribution in [2.45, 2.75) is 174 Å². The monoisotopic (exact) mass is 783 g/mol. The molecular weight excluding hydrogens is 707 g/mol. The van der Waals surface area contributed by atoms with E-state index in [-0.39, 0.29) is 12.8 Å². The van der Waals surface area contributed by atoms with Crippen molar-refractivity contribution in [2.75, 3.05) is 26.4 Å². The van der Waals surface area contributed by atoms with Crippen LogP contribution in [0.2, 0.25) is 0 Å². The van der Waals surface area contributed by atoms with Gasteiger partial charge in [0.2, 0.25) is 0 Å². The van der Waals surface area contributed by atoms with Gasteiger partial charge in [0.1, 0.15) is 12.2 Å². The van der Waals surface area contributed by atoms with E-state index in [1.807, 2.05) is 0 Å². The smallest absolute Gasteiger partial charge is 0.457 e. The SMILES string of the molecule is CC/C=C\C/C=C\C/C=C\CCCCCC(=O)OC(CO)COP(=O)(O)OCC(CO)OC(=O)CCCCCCCCC/C=C\C/C=C\CCCCCC. The molecule has 54 heavy (non-hydrogen) atoms. The Morgan fingerprint density at radius 1 is 0.519 bits per heavy atom. The van der Waals surface area contributed by atoms with Gasteiger partial charge in [0.15, 0.2) is 0 Å². The molecule has 312 valence electrons. The standard InChI is InChI=1S/C43H75O10P/c1-3-5-7-9-11-13-15-17-18-19-20-21-23-25-27-29-31-33-35-43(47)53-41(37-45)39-51-54(48,49)50-38-40(36-44)52-42(46)34-32-30-28-26-24-22-16-14-12-10-8-6-4-2/h6,8,12-15,18-19,22,24,40-41,44-45H,3-5,7,9-11,16-17,20-21,23,25-39H2,1-2H3,(H,48,49)/b8-6-,14-12-,15-13-,19-18-,24-22-. The van der Waals surface area contributed by atoms with Gasteiger partial charge in [0, 0.05) is 12.8 Å². The summed E-state index contributed by atoms with van der Waals surface area (Å²) in [5.41, 5.74) is 0. The number of carbonyl (C=O) groups excluding carboxylic acids is 2. The first-order chi connectivity index (χ1) is 26.3. The average molecular weight is 783 g/mol. The zero-order chi connectivity index (χ0) is 39.8. The Bertz CT molecular complexity index is 1080. The molecule has 0 aliphatic heterocycles. The number of ether oxygens (including phenoxy) is 2. The van der Waals surface area contributed by atoms with Crippen LogP contribution < -0.4 is 0 Å². The summed E-state index contributed by atoms with van der Waals surface area (Å²) in [6.45, 7) is 2.01. The lowest BCUT2D eigenvalue weighted by Crippen LogP contribution is -2.28. The lowest BCUT2D eigenvalue weighted by atomic mass is 10.1. The molecule has 0 rings (SSSR count). The molecule has 3 unspecified atom stereocenters. The van der Waals surface area contributed by atoms with E-state index in [0.717, 1.165) is 70.6 Å². The van der Waals surface area contributed by atoms with Crippen LogP contribution in [0.1, 0.15) is 162 Å². The molecule has 0 bridgehead atoms. The fraction of sp³-hybridized carbons (Fsp3) is 0.721. The third-order valence-corrected chi connectivity index (χ3v) is 9.41. The highest BCUT2D eigenvalue weighted by molar-refractivity contribution is 7.47. The van der Waals surface area contributed by atoms with Crippen molar-refractivity contribution in [3.05, 3.63) is 60.8 Å². The van der Waals surface area contributed by atoms with Gasteiger partial charge in [-0.3, -0.25) is 18.6 Å². The summed E-state index contributed by atoms with van der Waals surface area (Å²) in [6, 6.07) is 0. The van der Waals surface area contributed by atoms with E-state index in [0.29, 0.717) is 12.8 Å². The highest BCUT2D eigenvalue weighted by Crippen LogP contribution is 2.43. The summed E-state index contributed by atoms with van der Waals surface area (Å²) in [5, 5.41) is 19.1. The number of hydrogen-bond donors (Lipinski definition) is 3. The minimum absolute atomic E-state index is 0.154. The second-order valence-electron chi connectivity index (χ2n) is 13.6. The number of unbranched alkanes of at least 4 members (excludes halogenated alkanes) is 14. The first-order valence-corrected chi connectivity index (χ1v) is 22.2. The van der Waals surface area contributed by atoms with E-state index in [2.05, 4.69) is 74.6 Å². The molecule has 0 saturated carbocycles. The molecule has 0 saturated heterocycles. The lowest BCUT2D eigenvalue weighted by Gasteiger charge is -2.20. The number of rotatable bonds is 38. The Hall–Kier alpha value is -2.33. The van der Waals surface area contributed by atoms with Crippen LogP contribution in [0.25, 0.3) is 0 Å². The third kappa shape index (κ3) is 36.6. The molecule has 3 N–H and O–H groups in total. The average Bonchev–Trinajstić information content (AvgIpc) is 3.16. The maximum absolute atomic E-state index is 12.3. The highest BCUT2D eigenvalue weighted by atomic mass is 31.2. The second kappa shape index (κ2) is 38.9. The molecule has 0 aromatic rings. The van der Waals surface area contributed by atoms with Crippen LogP contribution in [-0.4, -0.2) is 65.7 Å². The van der Waals surface area contributed by atoms with E-state index in [1.54, 1.807) is 0 Å². The molecule has 0 aromatic carbocycles. The van der Waals surface area contributed by atoms with Gasteiger partial charge in [-0.2, -0.15) is 0 Å². The van der Waals surface area contributed by atoms with Crippen LogP contribution in [0.4, 0.5) is 0 Å². The van der Waals surface area contributed by atoms with Crippen molar-refractivity contribution in [1.82, 2.24) is 0 Å². The van der Waals surface area contributed by atoms with Gasteiger partial charge in [-0.05, 0) is 77.0 Å². The molecular formula is C43H75O10P. The van der Waals surface area contributed by atoms with Crippen molar-refractivity contribution >= 4 is 19.8 Å². The Balaban J connectivity index is 3.99. The van der Waals surface area contributed by atoms with Crippen LogP contribution in [0, 0.1) is 0 Å². The number of phosphoric acid groups is 1. The molecule has 11 heteroatoms. The first kappa shape index (κ1) is 51.7. The Morgan fingerprint density at radius 3 is 1.28 bits per heavy atom. The lowest BCUT2D eigenvalue weighted by molar-refractivity contribution is -0.153. The zero-order valence-corrected chi connectivity index (χ0v) is 34.6. The highest BCUT2D eigenvalue weighted by Gasteiger charge is 2.27. The molecule has 0 fully saturated rings. The van der Waals surface area contributed by atoms with Crippen molar-refractivity contribution in [3.63, 3.8) is 0 Å². The summed E-state index contributed by atoms with van der Waals surface area (Å²) in [5.74, 6) is -1.06. The van der Waals surface area contributed by atoms with E-state index in [4.69, 9.17) is 18.5 Å². The van der Waals surface area contributed by atoms with Gasteiger partial charge in [-0.1, -0.05) is 132 Å². The Kier molecular flexibility index (Phi) is 37.2. The third-order valence-electron chi connectivity index (χ3n) is 8.46. The summed E-state index contributed by atoms with van der Waals surface area (Å²) in [6.07, 6.45) is 42.0. The van der Waals surface area contributed by atoms with Gasteiger partial charge in [0.25, 0.3) is 0 Å². The molecule has 0 radical (unpaired) electrons. The molecule has 0 spiro atoms. The predicted octanol–water partition coefficient (Wildman–Crippen LogP) is 10.7. The van der Waals surface area contributed by atoms with Crippen LogP contribution in [0.5, 0.6) is 0 Å². The first-order valence-electron chi connectivity index (χ1n) is 20.7. The Morgan fingerprint density at radius 2 is 0.870 bits per heavy atom. The number of carbonyl (C=O) groups is 2. The summed E-state index contributed by atoms with van der Waals surface area (Å²) >= 11 is 0. The van der Waals surface area contributed by atoms with Crippen LogP contribution in [0.15, 0.2) is 60.8 Å². The van der Waals surface area contributed by atoms with Crippen LogP contribution in [0.3, 0.4) is 0 Å². The number of phosphoric ester groups is 1. The fourth-order valence-corrected chi connectivity index (χ4v) is 6.06. The van der Waals surface area contributed by atoms with Crippen molar-refractivity contribution in [2.24, 2.45) is 0 Å². The van der Waals surface area contributed by atoms with Gasteiger partial charge < -0.3 is 24.6 Å². The van der Waals surface area contributed by atoms with Crippen LogP contribution in [-0.2, 0) is 32.7 Å². The van der Waals surface area contributed by atoms with Crippen LogP contribution >= 0.6 is 7.82 Å². The van der Waals surface area contributed by atoms with Crippen molar-refractivity contribution in [1.29, 1.82) is 0 Å². The molecule has 3 atom stereocenters. The number of allylic oxidation sites excluding steroid dienone is 10. The minimum atomic E-state index is -4.65. The zero-order valence-electron chi connectivity index (χ0n) is 33.7. The predicted molar refractivity (Wildman–Crippen MR) is 219 cm³/mol. The van der Waals surface area contributed by atoms with E-state index in [1.165, 1.54) is 51.4 Å². The van der Waals surface area contributed by atoms with Gasteiger partial charge >= 0.3 is 19.8 Å². The fourth-order valence-electron chi connectivity index (χ4n) is 5.28. The number of esters is 2. The number of aliphatic hydroxyl groups excluding tert-OH is 2. The van der Waals surface area contributed by atoms with Gasteiger partial charge in [0.05, 0.1) is 26.4 Å². The maximum atomic E-state index is 12.3. The largest absolute Gasteiger partial charge is 0.472 e. The normalized spacial score (nSPS) is 14.5. The topological polar surface area (TPSA) is 149 Å². The quantitative estimate of drug-likeness (QED) is 0.0239. The van der Waals surface area contributed by atoms with Crippen molar-refractivity contribution in [3.8, 4) is 0 Å². The minimum Gasteiger partial charge on any atom is -0.457 e.